The summed E-state index contributed by atoms with van der Waals surface area (Å²) in [6.07, 6.45) is 0.952. The molecule has 1 N–H and O–H groups in total. The zero-order valence-corrected chi connectivity index (χ0v) is 9.83. The SMILES string of the molecule is CN1CCOCC12CNC1(CCOC1)OC2. The van der Waals surface area contributed by atoms with Gasteiger partial charge >= 0.3 is 0 Å². The van der Waals surface area contributed by atoms with E-state index in [9.17, 15) is 0 Å². The first-order valence-corrected chi connectivity index (χ1v) is 6.01. The molecular formula is C11H20N2O3. The number of ether oxygens (including phenoxy) is 3. The predicted octanol–water partition coefficient (Wildman–Crippen LogP) is -0.576. The molecule has 0 aromatic heterocycles. The average Bonchev–Trinajstić information content (AvgIpc) is 2.76. The van der Waals surface area contributed by atoms with Gasteiger partial charge in [0, 0.05) is 19.5 Å². The first kappa shape index (κ1) is 10.9. The van der Waals surface area contributed by atoms with Gasteiger partial charge in [-0.25, -0.2) is 0 Å². The minimum Gasteiger partial charge on any atom is -0.378 e. The quantitative estimate of drug-likeness (QED) is 0.601. The fourth-order valence-electron chi connectivity index (χ4n) is 2.65. The number of morpholine rings is 1. The second-order valence-electron chi connectivity index (χ2n) is 5.14. The molecule has 0 aromatic rings. The Bertz CT molecular complexity index is 256. The van der Waals surface area contributed by atoms with Gasteiger partial charge in [0.1, 0.15) is 5.72 Å². The molecule has 5 heteroatoms. The van der Waals surface area contributed by atoms with E-state index < -0.39 is 0 Å². The molecule has 0 amide bonds. The Labute approximate surface area is 96.0 Å². The lowest BCUT2D eigenvalue weighted by molar-refractivity contribution is -0.182. The van der Waals surface area contributed by atoms with Gasteiger partial charge in [-0.2, -0.15) is 0 Å². The van der Waals surface area contributed by atoms with Crippen molar-refractivity contribution in [2.75, 3.05) is 53.2 Å². The number of nitrogens with zero attached hydrogens (tertiary/aromatic N) is 1. The van der Waals surface area contributed by atoms with Crippen molar-refractivity contribution in [2.45, 2.75) is 17.7 Å². The molecule has 0 saturated carbocycles. The summed E-state index contributed by atoms with van der Waals surface area (Å²) in [5.74, 6) is 0. The molecule has 92 valence electrons. The number of hydrogen-bond acceptors (Lipinski definition) is 5. The maximum atomic E-state index is 6.03. The summed E-state index contributed by atoms with van der Waals surface area (Å²) >= 11 is 0. The van der Waals surface area contributed by atoms with E-state index in [4.69, 9.17) is 14.2 Å². The minimum atomic E-state index is -0.219. The predicted molar refractivity (Wildman–Crippen MR) is 58.3 cm³/mol. The van der Waals surface area contributed by atoms with Gasteiger partial charge in [-0.05, 0) is 7.05 Å². The second kappa shape index (κ2) is 3.92. The highest BCUT2D eigenvalue weighted by Crippen LogP contribution is 2.30. The number of hydrogen-bond donors (Lipinski definition) is 1. The van der Waals surface area contributed by atoms with Crippen LogP contribution in [0.1, 0.15) is 6.42 Å². The largest absolute Gasteiger partial charge is 0.378 e. The van der Waals surface area contributed by atoms with Crippen LogP contribution in [0.3, 0.4) is 0 Å². The van der Waals surface area contributed by atoms with Crippen LogP contribution in [0.2, 0.25) is 0 Å². The van der Waals surface area contributed by atoms with Crippen molar-refractivity contribution in [3.8, 4) is 0 Å². The smallest absolute Gasteiger partial charge is 0.145 e. The van der Waals surface area contributed by atoms with Crippen LogP contribution in [-0.2, 0) is 14.2 Å². The Morgan fingerprint density at radius 2 is 2.00 bits per heavy atom. The van der Waals surface area contributed by atoms with Gasteiger partial charge in [0.2, 0.25) is 0 Å². The van der Waals surface area contributed by atoms with Gasteiger partial charge in [0.25, 0.3) is 0 Å². The van der Waals surface area contributed by atoms with E-state index in [1.54, 1.807) is 0 Å². The molecule has 3 aliphatic rings. The van der Waals surface area contributed by atoms with Gasteiger partial charge in [-0.1, -0.05) is 0 Å². The fraction of sp³-hybridized carbons (Fsp3) is 1.00. The maximum Gasteiger partial charge on any atom is 0.145 e. The third-order valence-electron chi connectivity index (χ3n) is 4.09. The molecule has 0 aromatic carbocycles. The Hall–Kier alpha value is -0.200. The molecule has 3 aliphatic heterocycles. The number of nitrogens with one attached hydrogen (secondary N) is 1. The summed E-state index contributed by atoms with van der Waals surface area (Å²) in [5, 5.41) is 3.52. The highest BCUT2D eigenvalue weighted by Gasteiger charge is 2.48. The molecule has 0 radical (unpaired) electrons. The summed E-state index contributed by atoms with van der Waals surface area (Å²) in [6.45, 7) is 5.70. The first-order chi connectivity index (χ1) is 7.75. The zero-order chi connectivity index (χ0) is 11.1. The molecule has 3 fully saturated rings. The van der Waals surface area contributed by atoms with Gasteiger partial charge in [-0.15, -0.1) is 0 Å². The van der Waals surface area contributed by atoms with E-state index in [1.807, 2.05) is 0 Å². The number of rotatable bonds is 0. The second-order valence-corrected chi connectivity index (χ2v) is 5.14. The van der Waals surface area contributed by atoms with Gasteiger partial charge in [0.15, 0.2) is 0 Å². The van der Waals surface area contributed by atoms with Crippen molar-refractivity contribution in [3.63, 3.8) is 0 Å². The van der Waals surface area contributed by atoms with E-state index in [0.29, 0.717) is 6.61 Å². The topological polar surface area (TPSA) is 43.0 Å². The summed E-state index contributed by atoms with van der Waals surface area (Å²) in [7, 11) is 2.15. The molecule has 5 nitrogen and oxygen atoms in total. The fourth-order valence-corrected chi connectivity index (χ4v) is 2.65. The summed E-state index contributed by atoms with van der Waals surface area (Å²) in [4.78, 5) is 2.35. The Balaban J connectivity index is 1.68. The Morgan fingerprint density at radius 3 is 2.62 bits per heavy atom. The van der Waals surface area contributed by atoms with Crippen molar-refractivity contribution < 1.29 is 14.2 Å². The lowest BCUT2D eigenvalue weighted by atomic mass is 9.94. The van der Waals surface area contributed by atoms with E-state index >= 15 is 0 Å². The Morgan fingerprint density at radius 1 is 1.12 bits per heavy atom. The van der Waals surface area contributed by atoms with Gasteiger partial charge in [-0.3, -0.25) is 10.2 Å². The van der Waals surface area contributed by atoms with Crippen LogP contribution < -0.4 is 5.32 Å². The average molecular weight is 228 g/mol. The molecule has 2 atom stereocenters. The van der Waals surface area contributed by atoms with Crippen LogP contribution >= 0.6 is 0 Å². The lowest BCUT2D eigenvalue weighted by Crippen LogP contribution is -2.70. The van der Waals surface area contributed by atoms with E-state index in [1.165, 1.54) is 0 Å². The molecule has 2 spiro atoms. The Kier molecular flexibility index (Phi) is 2.68. The van der Waals surface area contributed by atoms with Crippen molar-refractivity contribution in [1.82, 2.24) is 10.2 Å². The third kappa shape index (κ3) is 1.67. The maximum absolute atomic E-state index is 6.03. The van der Waals surface area contributed by atoms with Crippen LogP contribution in [0.15, 0.2) is 0 Å². The molecule has 16 heavy (non-hydrogen) atoms. The van der Waals surface area contributed by atoms with E-state index in [2.05, 4.69) is 17.3 Å². The van der Waals surface area contributed by atoms with Gasteiger partial charge < -0.3 is 14.2 Å². The van der Waals surface area contributed by atoms with Crippen molar-refractivity contribution in [3.05, 3.63) is 0 Å². The third-order valence-corrected chi connectivity index (χ3v) is 4.09. The minimum absolute atomic E-state index is 0.0199. The molecule has 3 saturated heterocycles. The van der Waals surface area contributed by atoms with E-state index in [-0.39, 0.29) is 11.3 Å². The van der Waals surface area contributed by atoms with Crippen molar-refractivity contribution in [2.24, 2.45) is 0 Å². The summed E-state index contributed by atoms with van der Waals surface area (Å²) in [5.41, 5.74) is -0.199. The van der Waals surface area contributed by atoms with Crippen LogP contribution in [-0.4, -0.2) is 69.3 Å². The summed E-state index contributed by atoms with van der Waals surface area (Å²) < 4.78 is 17.0. The molecule has 3 rings (SSSR count). The van der Waals surface area contributed by atoms with E-state index in [0.717, 1.165) is 45.9 Å². The van der Waals surface area contributed by atoms with Crippen LogP contribution in [0.25, 0.3) is 0 Å². The molecule has 0 bridgehead atoms. The van der Waals surface area contributed by atoms with Gasteiger partial charge in [0.05, 0.1) is 38.6 Å². The molecule has 2 unspecified atom stereocenters. The number of likely N-dealkylation sites (N-methyl/N-ethyl adjacent to an activating group) is 1. The van der Waals surface area contributed by atoms with Crippen molar-refractivity contribution >= 4 is 0 Å². The van der Waals surface area contributed by atoms with Crippen molar-refractivity contribution in [1.29, 1.82) is 0 Å². The normalized spacial score (nSPS) is 45.6. The highest BCUT2D eigenvalue weighted by molar-refractivity contribution is 5.01. The lowest BCUT2D eigenvalue weighted by Gasteiger charge is -2.51. The zero-order valence-electron chi connectivity index (χ0n) is 9.83. The summed E-state index contributed by atoms with van der Waals surface area (Å²) in [6, 6.07) is 0. The molecule has 3 heterocycles. The highest BCUT2D eigenvalue weighted by atomic mass is 16.6. The standard InChI is InChI=1S/C11H20N2O3/c1-13-3-5-15-7-10(13)6-12-11(16-8-10)2-4-14-9-11/h12H,2-9H2,1H3. The van der Waals surface area contributed by atoms with Crippen LogP contribution in [0.4, 0.5) is 0 Å². The van der Waals surface area contributed by atoms with Crippen LogP contribution in [0, 0.1) is 0 Å². The van der Waals surface area contributed by atoms with Crippen LogP contribution in [0.5, 0.6) is 0 Å². The molecule has 0 aliphatic carbocycles. The molecular weight excluding hydrogens is 208 g/mol. The first-order valence-electron chi connectivity index (χ1n) is 6.01. The monoisotopic (exact) mass is 228 g/mol.